The summed E-state index contributed by atoms with van der Waals surface area (Å²) in [6.07, 6.45) is 0. The number of nitrogens with zero attached hydrogens (tertiary/aromatic N) is 2. The maximum atomic E-state index is 12.9. The van der Waals surface area contributed by atoms with E-state index in [2.05, 4.69) is 36.1 Å². The standard InChI is InChI=1S/C25H28N2O3S/c1-19-3-5-20(6-4-19)16-26-11-13-27(14-12-26)25(28)24-15-21(18-31-24)17-30-23-9-7-22(29-2)8-10-23/h3-10,15,18H,11-14,16-17H2,1-2H3. The van der Waals surface area contributed by atoms with E-state index in [-0.39, 0.29) is 5.91 Å². The van der Waals surface area contributed by atoms with Gasteiger partial charge in [0.15, 0.2) is 0 Å². The quantitative estimate of drug-likeness (QED) is 0.543. The lowest BCUT2D eigenvalue weighted by Gasteiger charge is -2.34. The number of amides is 1. The summed E-state index contributed by atoms with van der Waals surface area (Å²) in [6, 6.07) is 18.1. The Kier molecular flexibility index (Phi) is 6.89. The highest BCUT2D eigenvalue weighted by Gasteiger charge is 2.23. The van der Waals surface area contributed by atoms with Crippen LogP contribution in [0.15, 0.2) is 60.0 Å². The molecule has 0 atom stereocenters. The largest absolute Gasteiger partial charge is 0.497 e. The Morgan fingerprint density at radius 1 is 0.935 bits per heavy atom. The molecule has 0 N–H and O–H groups in total. The zero-order valence-corrected chi connectivity index (χ0v) is 18.9. The summed E-state index contributed by atoms with van der Waals surface area (Å²) in [7, 11) is 1.64. The Morgan fingerprint density at radius 2 is 1.61 bits per heavy atom. The van der Waals surface area contributed by atoms with Gasteiger partial charge in [-0.2, -0.15) is 0 Å². The van der Waals surface area contributed by atoms with E-state index >= 15 is 0 Å². The van der Waals surface area contributed by atoms with Gasteiger partial charge < -0.3 is 14.4 Å². The van der Waals surface area contributed by atoms with Crippen LogP contribution in [-0.4, -0.2) is 49.0 Å². The van der Waals surface area contributed by atoms with Crippen LogP contribution >= 0.6 is 11.3 Å². The Bertz CT molecular complexity index is 990. The summed E-state index contributed by atoms with van der Waals surface area (Å²) in [4.78, 5) is 18.1. The second-order valence-electron chi connectivity index (χ2n) is 7.84. The molecule has 4 rings (SSSR count). The predicted molar refractivity (Wildman–Crippen MR) is 124 cm³/mol. The van der Waals surface area contributed by atoms with Crippen LogP contribution in [-0.2, 0) is 13.2 Å². The van der Waals surface area contributed by atoms with E-state index in [0.29, 0.717) is 6.61 Å². The lowest BCUT2D eigenvalue weighted by atomic mass is 10.1. The number of aryl methyl sites for hydroxylation is 1. The van der Waals surface area contributed by atoms with Gasteiger partial charge in [-0.25, -0.2) is 0 Å². The molecule has 1 aliphatic rings. The van der Waals surface area contributed by atoms with Crippen LogP contribution in [0.5, 0.6) is 11.5 Å². The van der Waals surface area contributed by atoms with Gasteiger partial charge in [0, 0.05) is 38.3 Å². The molecule has 5 nitrogen and oxygen atoms in total. The van der Waals surface area contributed by atoms with E-state index < -0.39 is 0 Å². The van der Waals surface area contributed by atoms with Crippen molar-refractivity contribution >= 4 is 17.2 Å². The fourth-order valence-electron chi connectivity index (χ4n) is 3.62. The SMILES string of the molecule is COc1ccc(OCc2csc(C(=O)N3CCN(Cc4ccc(C)cc4)CC3)c2)cc1. The third-order valence-electron chi connectivity index (χ3n) is 5.52. The lowest BCUT2D eigenvalue weighted by molar-refractivity contribution is 0.0633. The van der Waals surface area contributed by atoms with Gasteiger partial charge in [-0.3, -0.25) is 9.69 Å². The first-order valence-corrected chi connectivity index (χ1v) is 11.4. The van der Waals surface area contributed by atoms with Gasteiger partial charge in [-0.05, 0) is 48.2 Å². The Labute approximate surface area is 187 Å². The van der Waals surface area contributed by atoms with Crippen molar-refractivity contribution in [3.63, 3.8) is 0 Å². The molecule has 1 aliphatic heterocycles. The number of carbonyl (C=O) groups excluding carboxylic acids is 1. The Balaban J connectivity index is 1.26. The normalized spacial score (nSPS) is 14.5. The summed E-state index contributed by atoms with van der Waals surface area (Å²) in [5, 5.41) is 2.00. The highest BCUT2D eigenvalue weighted by atomic mass is 32.1. The van der Waals surface area contributed by atoms with Crippen molar-refractivity contribution in [3.05, 3.63) is 81.5 Å². The molecule has 0 unspecified atom stereocenters. The van der Waals surface area contributed by atoms with Crippen LogP contribution in [0.2, 0.25) is 0 Å². The molecule has 162 valence electrons. The highest BCUT2D eigenvalue weighted by Crippen LogP contribution is 2.22. The number of piperazine rings is 1. The van der Waals surface area contributed by atoms with Crippen molar-refractivity contribution in [1.82, 2.24) is 9.80 Å². The number of benzene rings is 2. The van der Waals surface area contributed by atoms with Gasteiger partial charge in [-0.15, -0.1) is 11.3 Å². The van der Waals surface area contributed by atoms with Crippen molar-refractivity contribution in [2.45, 2.75) is 20.1 Å². The minimum atomic E-state index is 0.121. The number of methoxy groups -OCH3 is 1. The van der Waals surface area contributed by atoms with Crippen LogP contribution in [0.25, 0.3) is 0 Å². The van der Waals surface area contributed by atoms with Gasteiger partial charge in [0.05, 0.1) is 12.0 Å². The number of thiophene rings is 1. The molecule has 0 saturated carbocycles. The van der Waals surface area contributed by atoms with E-state index in [1.165, 1.54) is 22.5 Å². The molecule has 0 bridgehead atoms. The maximum absolute atomic E-state index is 12.9. The van der Waals surface area contributed by atoms with Crippen molar-refractivity contribution < 1.29 is 14.3 Å². The lowest BCUT2D eigenvalue weighted by Crippen LogP contribution is -2.48. The third-order valence-corrected chi connectivity index (χ3v) is 6.48. The molecule has 0 radical (unpaired) electrons. The average Bonchev–Trinajstić information content (AvgIpc) is 3.29. The van der Waals surface area contributed by atoms with Gasteiger partial charge in [0.2, 0.25) is 0 Å². The first kappa shape index (κ1) is 21.4. The summed E-state index contributed by atoms with van der Waals surface area (Å²) >= 11 is 1.49. The Morgan fingerprint density at radius 3 is 2.29 bits per heavy atom. The zero-order chi connectivity index (χ0) is 21.6. The monoisotopic (exact) mass is 436 g/mol. The molecule has 31 heavy (non-hydrogen) atoms. The summed E-state index contributed by atoms with van der Waals surface area (Å²) in [5.74, 6) is 1.70. The van der Waals surface area contributed by atoms with Crippen LogP contribution in [0, 0.1) is 6.92 Å². The number of ether oxygens (including phenoxy) is 2. The van der Waals surface area contributed by atoms with Crippen molar-refractivity contribution in [2.24, 2.45) is 0 Å². The summed E-state index contributed by atoms with van der Waals surface area (Å²) in [5.41, 5.74) is 3.62. The molecule has 1 fully saturated rings. The van der Waals surface area contributed by atoms with E-state index in [0.717, 1.165) is 54.7 Å². The van der Waals surface area contributed by atoms with Crippen molar-refractivity contribution in [2.75, 3.05) is 33.3 Å². The molecule has 3 aromatic rings. The van der Waals surface area contributed by atoms with Crippen molar-refractivity contribution in [3.8, 4) is 11.5 Å². The predicted octanol–water partition coefficient (Wildman–Crippen LogP) is 4.60. The first-order chi connectivity index (χ1) is 15.1. The fraction of sp³-hybridized carbons (Fsp3) is 0.320. The number of hydrogen-bond acceptors (Lipinski definition) is 5. The third kappa shape index (κ3) is 5.66. The summed E-state index contributed by atoms with van der Waals surface area (Å²) in [6.45, 7) is 6.82. The second kappa shape index (κ2) is 9.98. The number of carbonyl (C=O) groups is 1. The highest BCUT2D eigenvalue weighted by molar-refractivity contribution is 7.12. The van der Waals surface area contributed by atoms with Crippen LogP contribution < -0.4 is 9.47 Å². The molecule has 0 aliphatic carbocycles. The van der Waals surface area contributed by atoms with Gasteiger partial charge in [0.25, 0.3) is 5.91 Å². The summed E-state index contributed by atoms with van der Waals surface area (Å²) < 4.78 is 11.0. The minimum Gasteiger partial charge on any atom is -0.497 e. The van der Waals surface area contributed by atoms with Gasteiger partial charge in [0.1, 0.15) is 18.1 Å². The van der Waals surface area contributed by atoms with Crippen LogP contribution in [0.1, 0.15) is 26.4 Å². The smallest absolute Gasteiger partial charge is 0.264 e. The molecule has 0 spiro atoms. The topological polar surface area (TPSA) is 42.0 Å². The molecule has 1 saturated heterocycles. The van der Waals surface area contributed by atoms with Crippen LogP contribution in [0.3, 0.4) is 0 Å². The van der Waals surface area contributed by atoms with E-state index in [9.17, 15) is 4.79 Å². The first-order valence-electron chi connectivity index (χ1n) is 10.5. The van der Waals surface area contributed by atoms with Gasteiger partial charge >= 0.3 is 0 Å². The molecule has 1 amide bonds. The number of rotatable bonds is 7. The second-order valence-corrected chi connectivity index (χ2v) is 8.75. The van der Waals surface area contributed by atoms with Crippen molar-refractivity contribution in [1.29, 1.82) is 0 Å². The van der Waals surface area contributed by atoms with E-state index in [1.54, 1.807) is 7.11 Å². The van der Waals surface area contributed by atoms with Crippen LogP contribution in [0.4, 0.5) is 0 Å². The average molecular weight is 437 g/mol. The molecule has 2 heterocycles. The molecule has 6 heteroatoms. The van der Waals surface area contributed by atoms with Gasteiger partial charge in [-0.1, -0.05) is 29.8 Å². The molecule has 1 aromatic heterocycles. The maximum Gasteiger partial charge on any atom is 0.264 e. The van der Waals surface area contributed by atoms with E-state index in [1.807, 2.05) is 40.6 Å². The zero-order valence-electron chi connectivity index (χ0n) is 18.0. The molecular formula is C25H28N2O3S. The minimum absolute atomic E-state index is 0.121. The van der Waals surface area contributed by atoms with E-state index in [4.69, 9.17) is 9.47 Å². The molecular weight excluding hydrogens is 408 g/mol. The number of hydrogen-bond donors (Lipinski definition) is 0. The Hall–Kier alpha value is -2.83. The fourth-order valence-corrected chi connectivity index (χ4v) is 4.48. The molecule has 2 aromatic carbocycles.